The second-order valence-electron chi connectivity index (χ2n) is 10.4. The molecular formula is C13H12F20N12S4. The van der Waals surface area contributed by atoms with Crippen LogP contribution in [0.15, 0.2) is 44.9 Å². The van der Waals surface area contributed by atoms with Crippen molar-refractivity contribution in [2.24, 2.45) is 5.41 Å². The molecule has 4 aromatic rings. The number of halogens is 20. The Bertz CT molecular complexity index is 1670. The third kappa shape index (κ3) is 9.42. The van der Waals surface area contributed by atoms with Crippen LogP contribution in [0, 0.1) is 5.41 Å². The number of aromatic nitrogens is 12. The first-order valence-electron chi connectivity index (χ1n) is 11.3. The second kappa shape index (κ2) is 8.04. The van der Waals surface area contributed by atoms with Gasteiger partial charge in [0.2, 0.25) is 20.1 Å². The SMILES string of the molecule is FS(F)(F)(F)(F)c1cn(CC(Cn2cc(S(F)(F)(F)(F)F)nn2)(Cn2cc(S(F)(F)(F)(F)F)nn2)Cn2cc(S(F)(F)(F)(F)F)nn2)nn1. The molecule has 0 aliphatic heterocycles. The largest absolute Gasteiger partial charge is 0.329 e. The highest BCUT2D eigenvalue weighted by atomic mass is 32.5. The van der Waals surface area contributed by atoms with Gasteiger partial charge in [-0.2, -0.15) is 0 Å². The summed E-state index contributed by atoms with van der Waals surface area (Å²) in [5, 5.41) is 7.07. The Morgan fingerprint density at radius 2 is 0.510 bits per heavy atom. The van der Waals surface area contributed by atoms with E-state index in [9.17, 15) is 77.7 Å². The predicted molar refractivity (Wildman–Crippen MR) is 128 cm³/mol. The van der Waals surface area contributed by atoms with Crippen molar-refractivity contribution in [1.82, 2.24) is 60.0 Å². The molecule has 4 rings (SSSR count). The fourth-order valence-corrected chi connectivity index (χ4v) is 5.86. The Balaban J connectivity index is 1.95. The summed E-state index contributed by atoms with van der Waals surface area (Å²) in [6.07, 6.45) is -2.55. The quantitative estimate of drug-likeness (QED) is 0.129. The molecule has 12 nitrogen and oxygen atoms in total. The van der Waals surface area contributed by atoms with Crippen LogP contribution in [0.4, 0.5) is 77.7 Å². The van der Waals surface area contributed by atoms with E-state index < -0.39 is 117 Å². The monoisotopic (exact) mass is 844 g/mol. The van der Waals surface area contributed by atoms with Gasteiger partial charge in [0, 0.05) is 5.41 Å². The Morgan fingerprint density at radius 3 is 0.633 bits per heavy atom. The Labute approximate surface area is 255 Å². The molecule has 4 heterocycles. The molecule has 0 amide bonds. The van der Waals surface area contributed by atoms with Crippen LogP contribution in [0.5, 0.6) is 0 Å². The third-order valence-corrected chi connectivity index (χ3v) is 9.55. The first-order valence-corrected chi connectivity index (χ1v) is 19.1. The summed E-state index contributed by atoms with van der Waals surface area (Å²) in [5.41, 5.74) is -2.99. The topological polar surface area (TPSA) is 123 Å². The van der Waals surface area contributed by atoms with Gasteiger partial charge in [-0.3, -0.25) is 18.7 Å². The van der Waals surface area contributed by atoms with Gasteiger partial charge < -0.3 is 0 Å². The van der Waals surface area contributed by atoms with Gasteiger partial charge in [-0.15, -0.1) is 20.4 Å². The van der Waals surface area contributed by atoms with Crippen molar-refractivity contribution in [3.63, 3.8) is 0 Å². The van der Waals surface area contributed by atoms with Crippen molar-refractivity contribution in [3.05, 3.63) is 24.8 Å². The highest BCUT2D eigenvalue weighted by Gasteiger charge is 2.71. The van der Waals surface area contributed by atoms with Crippen LogP contribution in [-0.4, -0.2) is 60.0 Å². The molecule has 0 aliphatic rings. The van der Waals surface area contributed by atoms with Crippen LogP contribution >= 0.6 is 40.9 Å². The minimum absolute atomic E-state index is 0.305. The molecule has 0 saturated carbocycles. The average molecular weight is 845 g/mol. The molecule has 36 heteroatoms. The van der Waals surface area contributed by atoms with Crippen molar-refractivity contribution in [1.29, 1.82) is 0 Å². The maximum absolute atomic E-state index is 13.3. The van der Waals surface area contributed by atoms with Crippen LogP contribution in [0.1, 0.15) is 0 Å². The molecule has 0 N–H and O–H groups in total. The zero-order valence-corrected chi connectivity index (χ0v) is 25.5. The summed E-state index contributed by atoms with van der Waals surface area (Å²) in [5.74, 6) is 0. The molecule has 0 saturated heterocycles. The van der Waals surface area contributed by atoms with Crippen LogP contribution in [0.3, 0.4) is 0 Å². The average Bonchev–Trinajstić information content (AvgIpc) is 3.54. The first-order chi connectivity index (χ1) is 20.7. The fraction of sp³-hybridized carbons (Fsp3) is 0.385. The van der Waals surface area contributed by atoms with Crippen molar-refractivity contribution >= 4 is 40.9 Å². The highest BCUT2D eigenvalue weighted by Crippen LogP contribution is 3.03. The summed E-state index contributed by atoms with van der Waals surface area (Å²) in [6.45, 7) is -6.79. The standard InChI is InChI=1S/C13H12F20N12S4/c14-46(15,16,17,18)9-1-42(38-34-9)5-13(6-43-2-10(35-39-43)47(19,20,21,22)23,7-44-3-11(36-40-44)48(24,25,26,27)28)8-45-4-12(37-41-45)49(29,30,31,32)33/h1-4H,5-8H2. The fourth-order valence-electron chi connectivity index (χ4n) is 3.81. The van der Waals surface area contributed by atoms with Gasteiger partial charge in [-0.1, -0.05) is 98.6 Å². The lowest BCUT2D eigenvalue weighted by Crippen LogP contribution is -2.41. The van der Waals surface area contributed by atoms with Crippen molar-refractivity contribution in [2.75, 3.05) is 0 Å². The van der Waals surface area contributed by atoms with Crippen molar-refractivity contribution in [3.8, 4) is 0 Å². The Kier molecular flexibility index (Phi) is 6.29. The van der Waals surface area contributed by atoms with Gasteiger partial charge in [-0.05, 0) is 0 Å². The lowest BCUT2D eigenvalue weighted by atomic mass is 9.87. The van der Waals surface area contributed by atoms with E-state index in [0.29, 0.717) is 0 Å². The molecule has 49 heavy (non-hydrogen) atoms. The molecule has 288 valence electrons. The van der Waals surface area contributed by atoms with E-state index >= 15 is 0 Å². The van der Waals surface area contributed by atoms with E-state index in [1.165, 1.54) is 0 Å². The van der Waals surface area contributed by atoms with E-state index in [2.05, 4.69) is 41.2 Å². The Morgan fingerprint density at radius 1 is 0.347 bits per heavy atom. The summed E-state index contributed by atoms with van der Waals surface area (Å²) in [7, 11) is -42.9. The van der Waals surface area contributed by atoms with Gasteiger partial charge >= 0.3 is 40.9 Å². The lowest BCUT2D eigenvalue weighted by molar-refractivity contribution is 0.108. The molecule has 0 unspecified atom stereocenters. The smallest absolute Gasteiger partial charge is 0.250 e. The van der Waals surface area contributed by atoms with Gasteiger partial charge in [0.05, 0.1) is 51.0 Å². The zero-order chi connectivity index (χ0) is 38.1. The second-order valence-corrected chi connectivity index (χ2v) is 19.8. The number of hydrogen-bond acceptors (Lipinski definition) is 8. The number of hydrogen-bond donors (Lipinski definition) is 0. The highest BCUT2D eigenvalue weighted by molar-refractivity contribution is 8.46. The summed E-state index contributed by atoms with van der Waals surface area (Å²) >= 11 is 0. The van der Waals surface area contributed by atoms with Crippen LogP contribution in [-0.2, 0) is 26.2 Å². The van der Waals surface area contributed by atoms with Gasteiger partial charge in [-0.25, -0.2) is 0 Å². The van der Waals surface area contributed by atoms with Crippen LogP contribution in [0.25, 0.3) is 0 Å². The molecule has 0 bridgehead atoms. The minimum atomic E-state index is -10.7. The van der Waals surface area contributed by atoms with Gasteiger partial charge in [0.1, 0.15) is 0 Å². The number of nitrogens with zero attached hydrogens (tertiary/aromatic N) is 12. The van der Waals surface area contributed by atoms with E-state index in [0.717, 1.165) is 0 Å². The first kappa shape index (κ1) is 38.4. The predicted octanol–water partition coefficient (Wildman–Crippen LogP) is 9.77. The molecule has 0 fully saturated rings. The third-order valence-electron chi connectivity index (χ3n) is 5.64. The van der Waals surface area contributed by atoms with E-state index in [4.69, 9.17) is 0 Å². The zero-order valence-electron chi connectivity index (χ0n) is 22.2. The van der Waals surface area contributed by atoms with Crippen LogP contribution in [0.2, 0.25) is 0 Å². The van der Waals surface area contributed by atoms with Gasteiger partial charge in [0.15, 0.2) is 0 Å². The van der Waals surface area contributed by atoms with E-state index in [1.807, 2.05) is 0 Å². The molecule has 0 aromatic carbocycles. The Hall–Kier alpha value is -3.44. The molecule has 0 radical (unpaired) electrons. The maximum atomic E-state index is 13.3. The summed E-state index contributed by atoms with van der Waals surface area (Å²) in [6, 6.07) is 0. The molecule has 0 spiro atoms. The molecule has 0 aliphatic carbocycles. The van der Waals surface area contributed by atoms with Crippen molar-refractivity contribution < 1.29 is 77.7 Å². The molecule has 0 atom stereocenters. The maximum Gasteiger partial charge on any atom is 0.329 e. The van der Waals surface area contributed by atoms with E-state index in [-0.39, 0.29) is 18.7 Å². The number of rotatable bonds is 12. The van der Waals surface area contributed by atoms with E-state index in [1.54, 1.807) is 0 Å². The van der Waals surface area contributed by atoms with Gasteiger partial charge in [0.25, 0.3) is 0 Å². The summed E-state index contributed by atoms with van der Waals surface area (Å²) in [4.78, 5) is 0. The van der Waals surface area contributed by atoms with Crippen molar-refractivity contribution in [2.45, 2.75) is 46.3 Å². The molecule has 4 aromatic heterocycles. The molecular weight excluding hydrogens is 832 g/mol. The normalized spacial score (nSPS) is 20.8. The van der Waals surface area contributed by atoms with Crippen LogP contribution < -0.4 is 0 Å². The minimum Gasteiger partial charge on any atom is -0.250 e. The summed E-state index contributed by atoms with van der Waals surface area (Å²) < 4.78 is 265. The lowest BCUT2D eigenvalue weighted by Gasteiger charge is -2.38.